The van der Waals surface area contributed by atoms with E-state index in [-0.39, 0.29) is 17.9 Å². The number of benzene rings is 1. The number of nitrogens with zero attached hydrogens (tertiary/aromatic N) is 2. The molecule has 154 valence electrons. The van der Waals surface area contributed by atoms with Crippen LogP contribution < -0.4 is 10.2 Å². The highest BCUT2D eigenvalue weighted by Gasteiger charge is 2.39. The molecule has 0 bridgehead atoms. The molecule has 0 spiro atoms. The van der Waals surface area contributed by atoms with E-state index in [0.29, 0.717) is 30.8 Å². The summed E-state index contributed by atoms with van der Waals surface area (Å²) in [7, 11) is 3.94. The lowest BCUT2D eigenvalue weighted by Gasteiger charge is -2.16. The van der Waals surface area contributed by atoms with Gasteiger partial charge in [0.2, 0.25) is 0 Å². The summed E-state index contributed by atoms with van der Waals surface area (Å²) < 4.78 is 5.54. The molecule has 0 fully saturated rings. The lowest BCUT2D eigenvalue weighted by Crippen LogP contribution is -2.34. The number of carbonyl (C=O) groups is 2. The van der Waals surface area contributed by atoms with Crippen molar-refractivity contribution in [2.75, 3.05) is 37.5 Å². The monoisotopic (exact) mass is 413 g/mol. The van der Waals surface area contributed by atoms with E-state index in [1.165, 1.54) is 16.2 Å². The fraction of sp³-hybridized carbons (Fsp3) is 0.364. The first kappa shape index (κ1) is 21.1. The van der Waals surface area contributed by atoms with Crippen LogP contribution in [-0.4, -0.2) is 50.1 Å². The van der Waals surface area contributed by atoms with E-state index in [1.807, 2.05) is 74.6 Å². The summed E-state index contributed by atoms with van der Waals surface area (Å²) in [5.41, 5.74) is 2.60. The van der Waals surface area contributed by atoms with Gasteiger partial charge in [-0.05, 0) is 56.0 Å². The highest BCUT2D eigenvalue weighted by atomic mass is 32.1. The number of hydrogen-bond donors (Lipinski definition) is 1. The van der Waals surface area contributed by atoms with Crippen molar-refractivity contribution in [1.82, 2.24) is 4.90 Å². The number of anilines is 2. The number of imide groups is 1. The molecule has 0 aliphatic carbocycles. The largest absolute Gasteiger partial charge is 0.379 e. The molecule has 29 heavy (non-hydrogen) atoms. The van der Waals surface area contributed by atoms with E-state index in [1.54, 1.807) is 0 Å². The SMILES string of the molecule is CC(C)OCCCN1C(=O)C(Nc2ccc(N(C)C)cc2)=C(c2cccs2)C1=O. The van der Waals surface area contributed by atoms with Gasteiger partial charge in [-0.2, -0.15) is 0 Å². The summed E-state index contributed by atoms with van der Waals surface area (Å²) in [6.45, 7) is 4.78. The first-order valence-corrected chi connectivity index (χ1v) is 10.6. The number of rotatable bonds is 9. The fourth-order valence-electron chi connectivity index (χ4n) is 3.07. The number of amides is 2. The van der Waals surface area contributed by atoms with Gasteiger partial charge in [0.05, 0.1) is 11.7 Å². The van der Waals surface area contributed by atoms with Crippen molar-refractivity contribution in [3.63, 3.8) is 0 Å². The van der Waals surface area contributed by atoms with Crippen LogP contribution in [0.15, 0.2) is 47.5 Å². The van der Waals surface area contributed by atoms with Crippen LogP contribution in [0.5, 0.6) is 0 Å². The lowest BCUT2D eigenvalue weighted by molar-refractivity contribution is -0.137. The Kier molecular flexibility index (Phi) is 6.71. The zero-order valence-electron chi connectivity index (χ0n) is 17.3. The maximum atomic E-state index is 13.1. The van der Waals surface area contributed by atoms with Crippen molar-refractivity contribution in [3.8, 4) is 0 Å². The van der Waals surface area contributed by atoms with Crippen molar-refractivity contribution in [2.45, 2.75) is 26.4 Å². The van der Waals surface area contributed by atoms with Gasteiger partial charge in [0, 0.05) is 43.5 Å². The second kappa shape index (κ2) is 9.24. The molecular weight excluding hydrogens is 386 g/mol. The third-order valence-corrected chi connectivity index (χ3v) is 5.45. The van der Waals surface area contributed by atoms with Crippen LogP contribution in [0.3, 0.4) is 0 Å². The molecule has 1 aromatic carbocycles. The van der Waals surface area contributed by atoms with Gasteiger partial charge in [-0.3, -0.25) is 14.5 Å². The molecular formula is C22H27N3O3S. The highest BCUT2D eigenvalue weighted by Crippen LogP contribution is 2.33. The third kappa shape index (κ3) is 4.86. The van der Waals surface area contributed by atoms with E-state index >= 15 is 0 Å². The van der Waals surface area contributed by atoms with Gasteiger partial charge >= 0.3 is 0 Å². The van der Waals surface area contributed by atoms with Gasteiger partial charge in [-0.1, -0.05) is 6.07 Å². The van der Waals surface area contributed by atoms with Crippen molar-refractivity contribution >= 4 is 40.1 Å². The topological polar surface area (TPSA) is 61.9 Å². The van der Waals surface area contributed by atoms with Crippen LogP contribution in [0.25, 0.3) is 5.57 Å². The Morgan fingerprint density at radius 2 is 1.83 bits per heavy atom. The summed E-state index contributed by atoms with van der Waals surface area (Å²) in [6, 6.07) is 11.5. The van der Waals surface area contributed by atoms with Crippen LogP contribution in [0.2, 0.25) is 0 Å². The van der Waals surface area contributed by atoms with Crippen LogP contribution in [0.1, 0.15) is 25.1 Å². The van der Waals surface area contributed by atoms with Crippen molar-refractivity contribution < 1.29 is 14.3 Å². The predicted octanol–water partition coefficient (Wildman–Crippen LogP) is 3.82. The molecule has 1 aromatic heterocycles. The second-order valence-electron chi connectivity index (χ2n) is 7.33. The minimum atomic E-state index is -0.292. The second-order valence-corrected chi connectivity index (χ2v) is 8.28. The molecule has 0 saturated carbocycles. The Morgan fingerprint density at radius 3 is 2.41 bits per heavy atom. The smallest absolute Gasteiger partial charge is 0.278 e. The molecule has 6 nitrogen and oxygen atoms in total. The summed E-state index contributed by atoms with van der Waals surface area (Å²) in [5, 5.41) is 5.09. The number of thiophene rings is 1. The molecule has 0 saturated heterocycles. The average Bonchev–Trinajstić information content (AvgIpc) is 3.28. The first-order valence-electron chi connectivity index (χ1n) is 9.69. The number of nitrogens with one attached hydrogen (secondary N) is 1. The Bertz CT molecular complexity index is 887. The predicted molar refractivity (Wildman–Crippen MR) is 118 cm³/mol. The van der Waals surface area contributed by atoms with Gasteiger partial charge in [0.1, 0.15) is 5.70 Å². The van der Waals surface area contributed by atoms with E-state index in [0.717, 1.165) is 16.3 Å². The Morgan fingerprint density at radius 1 is 1.10 bits per heavy atom. The number of hydrogen-bond acceptors (Lipinski definition) is 6. The fourth-order valence-corrected chi connectivity index (χ4v) is 3.84. The molecule has 3 rings (SSSR count). The zero-order chi connectivity index (χ0) is 21.0. The molecule has 2 heterocycles. The molecule has 2 amide bonds. The quantitative estimate of drug-likeness (QED) is 0.500. The first-order chi connectivity index (χ1) is 13.9. The van der Waals surface area contributed by atoms with E-state index in [2.05, 4.69) is 5.32 Å². The molecule has 0 unspecified atom stereocenters. The number of ether oxygens (including phenoxy) is 1. The maximum absolute atomic E-state index is 13.1. The summed E-state index contributed by atoms with van der Waals surface area (Å²) >= 11 is 1.45. The normalized spacial score (nSPS) is 14.3. The number of carbonyl (C=O) groups excluding carboxylic acids is 2. The summed E-state index contributed by atoms with van der Waals surface area (Å²) in [5.74, 6) is -0.547. The van der Waals surface area contributed by atoms with E-state index in [4.69, 9.17) is 4.74 Å². The van der Waals surface area contributed by atoms with Gasteiger partial charge < -0.3 is 15.0 Å². The maximum Gasteiger partial charge on any atom is 0.278 e. The van der Waals surface area contributed by atoms with Crippen molar-refractivity contribution in [2.24, 2.45) is 0 Å². The van der Waals surface area contributed by atoms with Crippen molar-refractivity contribution in [1.29, 1.82) is 0 Å². The molecule has 1 aliphatic heterocycles. The van der Waals surface area contributed by atoms with Gasteiger partial charge in [0.25, 0.3) is 11.8 Å². The van der Waals surface area contributed by atoms with E-state index < -0.39 is 0 Å². The van der Waals surface area contributed by atoms with Crippen molar-refractivity contribution in [3.05, 3.63) is 52.4 Å². The molecule has 7 heteroatoms. The van der Waals surface area contributed by atoms with Crippen LogP contribution in [-0.2, 0) is 14.3 Å². The molecule has 1 aliphatic rings. The minimum absolute atomic E-state index is 0.127. The Labute approximate surface area is 175 Å². The standard InChI is InChI=1S/C22H27N3O3S/c1-15(2)28-13-6-12-25-21(26)19(18-7-5-14-29-18)20(22(25)27)23-16-8-10-17(11-9-16)24(3)4/h5,7-11,14-15,23H,6,12-13H2,1-4H3. The summed E-state index contributed by atoms with van der Waals surface area (Å²) in [6.07, 6.45) is 0.736. The molecule has 2 aromatic rings. The van der Waals surface area contributed by atoms with Gasteiger partial charge in [-0.15, -0.1) is 11.3 Å². The minimum Gasteiger partial charge on any atom is -0.379 e. The van der Waals surface area contributed by atoms with Gasteiger partial charge in [0.15, 0.2) is 0 Å². The van der Waals surface area contributed by atoms with Gasteiger partial charge in [-0.25, -0.2) is 0 Å². The zero-order valence-corrected chi connectivity index (χ0v) is 18.1. The third-order valence-electron chi connectivity index (χ3n) is 4.57. The molecule has 0 radical (unpaired) electrons. The van der Waals surface area contributed by atoms with Crippen LogP contribution in [0, 0.1) is 0 Å². The Balaban J connectivity index is 1.82. The highest BCUT2D eigenvalue weighted by molar-refractivity contribution is 7.11. The molecule has 1 N–H and O–H groups in total. The van der Waals surface area contributed by atoms with Crippen LogP contribution >= 0.6 is 11.3 Å². The average molecular weight is 414 g/mol. The van der Waals surface area contributed by atoms with Crippen LogP contribution in [0.4, 0.5) is 11.4 Å². The van der Waals surface area contributed by atoms with E-state index in [9.17, 15) is 9.59 Å². The molecule has 0 atom stereocenters. The Hall–Kier alpha value is -2.64. The lowest BCUT2D eigenvalue weighted by atomic mass is 10.2. The summed E-state index contributed by atoms with van der Waals surface area (Å²) in [4.78, 5) is 30.2.